The van der Waals surface area contributed by atoms with E-state index in [4.69, 9.17) is 0 Å². The second kappa shape index (κ2) is 7.84. The number of aryl methyl sites for hydroxylation is 1. The van der Waals surface area contributed by atoms with E-state index in [0.717, 1.165) is 29.8 Å². The highest BCUT2D eigenvalue weighted by Gasteiger charge is 2.25. The number of anilines is 1. The number of H-pyrrole nitrogens is 1. The number of piperidine rings is 1. The van der Waals surface area contributed by atoms with Crippen LogP contribution in [0.2, 0.25) is 0 Å². The summed E-state index contributed by atoms with van der Waals surface area (Å²) in [5, 5.41) is 10.4. The molecule has 0 aliphatic carbocycles. The maximum atomic E-state index is 13.3. The predicted octanol–water partition coefficient (Wildman–Crippen LogP) is 4.94. The lowest BCUT2D eigenvalue weighted by Crippen LogP contribution is -2.40. The summed E-state index contributed by atoms with van der Waals surface area (Å²) in [5.74, 6) is -0.00977. The van der Waals surface area contributed by atoms with Crippen molar-refractivity contribution in [3.8, 4) is 11.3 Å². The molecule has 1 fully saturated rings. The third-order valence-corrected chi connectivity index (χ3v) is 5.21. The van der Waals surface area contributed by atoms with Crippen molar-refractivity contribution in [2.45, 2.75) is 25.7 Å². The number of nitrogens with one attached hydrogen (secondary N) is 2. The van der Waals surface area contributed by atoms with Crippen molar-refractivity contribution in [3.63, 3.8) is 0 Å². The van der Waals surface area contributed by atoms with Crippen molar-refractivity contribution in [3.05, 3.63) is 71.7 Å². The molecule has 144 valence electrons. The Morgan fingerprint density at radius 1 is 1.14 bits per heavy atom. The molecule has 0 saturated carbocycles. The quantitative estimate of drug-likeness (QED) is 0.678. The van der Waals surface area contributed by atoms with Crippen molar-refractivity contribution < 1.29 is 9.18 Å². The second-order valence-corrected chi connectivity index (χ2v) is 7.28. The van der Waals surface area contributed by atoms with Crippen LogP contribution in [0.4, 0.5) is 14.9 Å². The normalized spacial score (nSPS) is 14.9. The first-order valence-electron chi connectivity index (χ1n) is 9.52. The molecule has 2 aromatic carbocycles. The number of aromatic nitrogens is 2. The third-order valence-electron chi connectivity index (χ3n) is 5.21. The number of rotatable bonds is 3. The third kappa shape index (κ3) is 4.06. The first kappa shape index (κ1) is 18.2. The molecular formula is C22H23FN4O. The summed E-state index contributed by atoms with van der Waals surface area (Å²) in [7, 11) is 0. The smallest absolute Gasteiger partial charge is 0.321 e. The largest absolute Gasteiger partial charge is 0.324 e. The Hall–Kier alpha value is -3.15. The number of urea groups is 1. The summed E-state index contributed by atoms with van der Waals surface area (Å²) in [5.41, 5.74) is 4.85. The Bertz CT molecular complexity index is 976. The summed E-state index contributed by atoms with van der Waals surface area (Å²) < 4.78 is 13.3. The highest BCUT2D eigenvalue weighted by Crippen LogP contribution is 2.29. The summed E-state index contributed by atoms with van der Waals surface area (Å²) >= 11 is 0. The van der Waals surface area contributed by atoms with Gasteiger partial charge in [0.1, 0.15) is 5.82 Å². The van der Waals surface area contributed by atoms with Gasteiger partial charge < -0.3 is 10.2 Å². The van der Waals surface area contributed by atoms with Crippen LogP contribution in [-0.4, -0.2) is 34.2 Å². The van der Waals surface area contributed by atoms with Gasteiger partial charge in [-0.3, -0.25) is 5.10 Å². The molecule has 28 heavy (non-hydrogen) atoms. The first-order valence-corrected chi connectivity index (χ1v) is 9.52. The number of hydrogen-bond donors (Lipinski definition) is 2. The number of hydrogen-bond acceptors (Lipinski definition) is 2. The van der Waals surface area contributed by atoms with Crippen LogP contribution in [0, 0.1) is 12.7 Å². The minimum Gasteiger partial charge on any atom is -0.324 e. The zero-order chi connectivity index (χ0) is 19.5. The maximum Gasteiger partial charge on any atom is 0.321 e. The van der Waals surface area contributed by atoms with Gasteiger partial charge in [0.05, 0.1) is 5.69 Å². The van der Waals surface area contributed by atoms with E-state index < -0.39 is 0 Å². The van der Waals surface area contributed by atoms with E-state index in [0.29, 0.717) is 24.7 Å². The summed E-state index contributed by atoms with van der Waals surface area (Å²) in [4.78, 5) is 14.2. The lowest BCUT2D eigenvalue weighted by atomic mass is 9.93. The van der Waals surface area contributed by atoms with Crippen LogP contribution in [0.5, 0.6) is 0 Å². The van der Waals surface area contributed by atoms with Crippen LogP contribution < -0.4 is 5.32 Å². The van der Waals surface area contributed by atoms with Gasteiger partial charge in [0, 0.05) is 36.0 Å². The van der Waals surface area contributed by atoms with Crippen LogP contribution in [0.3, 0.4) is 0 Å². The highest BCUT2D eigenvalue weighted by molar-refractivity contribution is 5.89. The van der Waals surface area contributed by atoms with E-state index in [1.807, 2.05) is 6.07 Å². The standard InChI is InChI=1S/C22H23FN4O/c1-15-4-2-5-17(12-15)21-14-20(25-26-21)16-8-10-27(11-9-16)22(28)24-19-7-3-6-18(23)13-19/h2-7,12-14,16H,8-11H2,1H3,(H,24,28)(H,25,26). The Kier molecular flexibility index (Phi) is 5.10. The van der Waals surface area contributed by atoms with Gasteiger partial charge in [0.2, 0.25) is 0 Å². The van der Waals surface area contributed by atoms with Crippen LogP contribution in [0.1, 0.15) is 30.0 Å². The maximum absolute atomic E-state index is 13.3. The van der Waals surface area contributed by atoms with E-state index in [2.05, 4.69) is 46.7 Å². The van der Waals surface area contributed by atoms with Gasteiger partial charge in [0.15, 0.2) is 0 Å². The van der Waals surface area contributed by atoms with Crippen LogP contribution >= 0.6 is 0 Å². The zero-order valence-corrected chi connectivity index (χ0v) is 15.8. The van der Waals surface area contributed by atoms with Crippen molar-refractivity contribution in [1.82, 2.24) is 15.1 Å². The Balaban J connectivity index is 1.36. The van der Waals surface area contributed by atoms with Gasteiger partial charge in [-0.1, -0.05) is 29.8 Å². The number of carbonyl (C=O) groups excluding carboxylic acids is 1. The Labute approximate surface area is 163 Å². The highest BCUT2D eigenvalue weighted by atomic mass is 19.1. The van der Waals surface area contributed by atoms with Crippen molar-refractivity contribution in [2.24, 2.45) is 0 Å². The molecule has 3 aromatic rings. The van der Waals surface area contributed by atoms with Gasteiger partial charge in [0.25, 0.3) is 0 Å². The number of amides is 2. The van der Waals surface area contributed by atoms with E-state index in [9.17, 15) is 9.18 Å². The van der Waals surface area contributed by atoms with Crippen molar-refractivity contribution in [2.75, 3.05) is 18.4 Å². The summed E-state index contributed by atoms with van der Waals surface area (Å²) in [6.07, 6.45) is 1.73. The molecule has 1 aliphatic rings. The number of nitrogens with zero attached hydrogens (tertiary/aromatic N) is 2. The van der Waals surface area contributed by atoms with Gasteiger partial charge in [-0.25, -0.2) is 9.18 Å². The number of halogens is 1. The average Bonchev–Trinajstić information content (AvgIpc) is 3.18. The molecule has 6 heteroatoms. The van der Waals surface area contributed by atoms with E-state index in [-0.39, 0.29) is 11.8 Å². The zero-order valence-electron chi connectivity index (χ0n) is 15.8. The Morgan fingerprint density at radius 2 is 1.93 bits per heavy atom. The number of carbonyl (C=O) groups is 1. The molecule has 0 unspecified atom stereocenters. The minimum absolute atomic E-state index is 0.186. The van der Waals surface area contributed by atoms with E-state index >= 15 is 0 Å². The summed E-state index contributed by atoms with van der Waals surface area (Å²) in [6.45, 7) is 3.39. The fourth-order valence-electron chi connectivity index (χ4n) is 3.66. The van der Waals surface area contributed by atoms with Gasteiger partial charge in [-0.2, -0.15) is 5.10 Å². The molecule has 2 amide bonds. The number of benzene rings is 2. The molecule has 0 atom stereocenters. The van der Waals surface area contributed by atoms with Crippen molar-refractivity contribution in [1.29, 1.82) is 0 Å². The average molecular weight is 378 g/mol. The molecular weight excluding hydrogens is 355 g/mol. The molecule has 0 spiro atoms. The molecule has 1 aliphatic heterocycles. The van der Waals surface area contributed by atoms with E-state index in [1.54, 1.807) is 17.0 Å². The van der Waals surface area contributed by atoms with Gasteiger partial charge in [-0.05, 0) is 50.1 Å². The predicted molar refractivity (Wildman–Crippen MR) is 108 cm³/mol. The van der Waals surface area contributed by atoms with Crippen molar-refractivity contribution >= 4 is 11.7 Å². The SMILES string of the molecule is Cc1cccc(-c2cc(C3CCN(C(=O)Nc4cccc(F)c4)CC3)[nH]n2)c1. The molecule has 0 radical (unpaired) electrons. The van der Waals surface area contributed by atoms with Gasteiger partial charge in [-0.15, -0.1) is 0 Å². The molecule has 1 aromatic heterocycles. The molecule has 1 saturated heterocycles. The molecule has 0 bridgehead atoms. The fourth-order valence-corrected chi connectivity index (χ4v) is 3.66. The van der Waals surface area contributed by atoms with E-state index in [1.165, 1.54) is 17.7 Å². The topological polar surface area (TPSA) is 61.0 Å². The monoisotopic (exact) mass is 378 g/mol. The van der Waals surface area contributed by atoms with Crippen LogP contribution in [-0.2, 0) is 0 Å². The molecule has 4 rings (SSSR count). The number of aromatic amines is 1. The second-order valence-electron chi connectivity index (χ2n) is 7.28. The lowest BCUT2D eigenvalue weighted by molar-refractivity contribution is 0.194. The van der Waals surface area contributed by atoms with Crippen LogP contribution in [0.15, 0.2) is 54.6 Å². The molecule has 5 nitrogen and oxygen atoms in total. The molecule has 2 N–H and O–H groups in total. The minimum atomic E-state index is -0.361. The van der Waals surface area contributed by atoms with Gasteiger partial charge >= 0.3 is 6.03 Å². The Morgan fingerprint density at radius 3 is 2.68 bits per heavy atom. The first-order chi connectivity index (χ1) is 13.6. The summed E-state index contributed by atoms with van der Waals surface area (Å²) in [6, 6.07) is 16.2. The number of likely N-dealkylation sites (tertiary alicyclic amines) is 1. The molecule has 2 heterocycles. The fraction of sp³-hybridized carbons (Fsp3) is 0.273. The van der Waals surface area contributed by atoms with Crippen LogP contribution in [0.25, 0.3) is 11.3 Å². The lowest BCUT2D eigenvalue weighted by Gasteiger charge is -2.31.